The number of nitrogens with zero attached hydrogens (tertiary/aromatic N) is 2. The smallest absolute Gasteiger partial charge is 0.297 e. The molecule has 1 heterocycles. The van der Waals surface area contributed by atoms with Gasteiger partial charge >= 0.3 is 6.18 Å². The van der Waals surface area contributed by atoms with E-state index in [2.05, 4.69) is 25.9 Å². The molecule has 3 nitrogen and oxygen atoms in total. The van der Waals surface area contributed by atoms with Gasteiger partial charge in [0.25, 0.3) is 0 Å². The molecule has 4 aliphatic rings. The van der Waals surface area contributed by atoms with E-state index in [9.17, 15) is 18.0 Å². The average molecular weight is 451 g/mol. The van der Waals surface area contributed by atoms with Gasteiger partial charge in [0.15, 0.2) is 5.78 Å². The zero-order valence-electron chi connectivity index (χ0n) is 19.6. The Balaban J connectivity index is 1.32. The number of aromatic nitrogens is 2. The summed E-state index contributed by atoms with van der Waals surface area (Å²) in [6.45, 7) is 7.24. The van der Waals surface area contributed by atoms with E-state index in [1.54, 1.807) is 0 Å². The molecular formula is C26H37F3N2O. The molecule has 1 aromatic heterocycles. The van der Waals surface area contributed by atoms with Crippen molar-refractivity contribution in [2.75, 3.05) is 0 Å². The van der Waals surface area contributed by atoms with Crippen LogP contribution in [-0.2, 0) is 17.5 Å². The van der Waals surface area contributed by atoms with E-state index in [4.69, 9.17) is 0 Å². The van der Waals surface area contributed by atoms with Crippen molar-refractivity contribution >= 4 is 5.78 Å². The Kier molecular flexibility index (Phi) is 5.33. The molecule has 7 unspecified atom stereocenters. The number of carbonyl (C=O) groups excluding carboxylic acids is 1. The number of halogens is 3. The first-order valence-corrected chi connectivity index (χ1v) is 12.6. The lowest BCUT2D eigenvalue weighted by atomic mass is 9.44. The Bertz CT molecular complexity index is 879. The molecule has 4 saturated carbocycles. The summed E-state index contributed by atoms with van der Waals surface area (Å²) in [5, 5.41) is 3.82. The number of rotatable bonds is 3. The van der Waals surface area contributed by atoms with E-state index >= 15 is 0 Å². The highest BCUT2D eigenvalue weighted by atomic mass is 19.4. The molecule has 1 aromatic rings. The zero-order chi connectivity index (χ0) is 22.9. The standard InChI is InChI=1S/C26H37F3N2O/c1-16-8-10-24(2)17(12-16)4-5-19-20-6-7-22(25(20,3)11-9-21(19)24)23(32)15-31-14-18(13-30-31)26(27,28)29/h13-14,16-17,19-22H,4-12,15H2,1-3H3/t16?,17?,19?,20?,21?,22-,24?,25?/m1/s1. The van der Waals surface area contributed by atoms with Gasteiger partial charge in [0.2, 0.25) is 0 Å². The third-order valence-electron chi connectivity index (χ3n) is 10.6. The third-order valence-corrected chi connectivity index (χ3v) is 10.6. The van der Waals surface area contributed by atoms with Crippen molar-refractivity contribution in [3.8, 4) is 0 Å². The van der Waals surface area contributed by atoms with Crippen LogP contribution >= 0.6 is 0 Å². The van der Waals surface area contributed by atoms with E-state index < -0.39 is 11.7 Å². The normalized spacial score (nSPS) is 43.9. The minimum Gasteiger partial charge on any atom is -0.297 e. The van der Waals surface area contributed by atoms with Gasteiger partial charge in [0.05, 0.1) is 18.3 Å². The van der Waals surface area contributed by atoms with Crippen LogP contribution in [0.1, 0.15) is 84.1 Å². The Hall–Kier alpha value is -1.33. The summed E-state index contributed by atoms with van der Waals surface area (Å²) in [4.78, 5) is 13.3. The molecule has 0 N–H and O–H groups in total. The van der Waals surface area contributed by atoms with Crippen molar-refractivity contribution in [1.29, 1.82) is 0 Å². The van der Waals surface area contributed by atoms with Crippen molar-refractivity contribution in [3.05, 3.63) is 18.0 Å². The second kappa shape index (κ2) is 7.59. The van der Waals surface area contributed by atoms with E-state index in [0.29, 0.717) is 17.3 Å². The number of Topliss-reactive ketones (excluding diaryl/α,β-unsaturated/α-hetero) is 1. The summed E-state index contributed by atoms with van der Waals surface area (Å²) >= 11 is 0. The van der Waals surface area contributed by atoms with Crippen LogP contribution < -0.4 is 0 Å². The maximum Gasteiger partial charge on any atom is 0.419 e. The van der Waals surface area contributed by atoms with Crippen LogP contribution in [0.25, 0.3) is 0 Å². The largest absolute Gasteiger partial charge is 0.419 e. The molecule has 6 heteroatoms. The van der Waals surface area contributed by atoms with Crippen LogP contribution in [0, 0.1) is 46.3 Å². The fourth-order valence-corrected chi connectivity index (χ4v) is 8.87. The van der Waals surface area contributed by atoms with Gasteiger partial charge in [-0.2, -0.15) is 18.3 Å². The summed E-state index contributed by atoms with van der Waals surface area (Å²) in [5.41, 5.74) is -0.334. The van der Waals surface area contributed by atoms with E-state index in [1.807, 2.05) is 0 Å². The van der Waals surface area contributed by atoms with Gasteiger partial charge in [-0.15, -0.1) is 0 Å². The van der Waals surface area contributed by atoms with Crippen molar-refractivity contribution < 1.29 is 18.0 Å². The van der Waals surface area contributed by atoms with Crippen molar-refractivity contribution in [2.24, 2.45) is 46.3 Å². The lowest BCUT2D eigenvalue weighted by Crippen LogP contribution is -2.53. The maximum absolute atomic E-state index is 13.3. The first-order chi connectivity index (χ1) is 15.0. The molecule has 0 spiro atoms. The molecular weight excluding hydrogens is 413 g/mol. The molecule has 0 bridgehead atoms. The highest BCUT2D eigenvalue weighted by Gasteiger charge is 2.60. The monoisotopic (exact) mass is 450 g/mol. The maximum atomic E-state index is 13.3. The van der Waals surface area contributed by atoms with Gasteiger partial charge in [-0.1, -0.05) is 27.2 Å². The molecule has 4 aliphatic carbocycles. The zero-order valence-corrected chi connectivity index (χ0v) is 19.6. The predicted octanol–water partition coefficient (Wildman–Crippen LogP) is 6.77. The van der Waals surface area contributed by atoms with Gasteiger partial charge < -0.3 is 0 Å². The van der Waals surface area contributed by atoms with Gasteiger partial charge in [-0.25, -0.2) is 0 Å². The van der Waals surface area contributed by atoms with Crippen LogP contribution in [0.2, 0.25) is 0 Å². The van der Waals surface area contributed by atoms with Crippen LogP contribution in [0.5, 0.6) is 0 Å². The van der Waals surface area contributed by atoms with Crippen LogP contribution in [-0.4, -0.2) is 15.6 Å². The molecule has 32 heavy (non-hydrogen) atoms. The number of fused-ring (bicyclic) bond motifs is 5. The molecule has 5 rings (SSSR count). The lowest BCUT2D eigenvalue weighted by Gasteiger charge is -2.61. The van der Waals surface area contributed by atoms with Gasteiger partial charge in [-0.3, -0.25) is 9.48 Å². The van der Waals surface area contributed by atoms with Crippen molar-refractivity contribution in [2.45, 2.75) is 91.3 Å². The second-order valence-electron chi connectivity index (χ2n) is 12.1. The van der Waals surface area contributed by atoms with Crippen LogP contribution in [0.3, 0.4) is 0 Å². The van der Waals surface area contributed by atoms with E-state index in [0.717, 1.165) is 49.4 Å². The molecule has 0 aliphatic heterocycles. The molecule has 0 saturated heterocycles. The Morgan fingerprint density at radius 3 is 2.50 bits per heavy atom. The average Bonchev–Trinajstić information content (AvgIpc) is 3.32. The molecule has 0 aromatic carbocycles. The topological polar surface area (TPSA) is 34.9 Å². The third kappa shape index (κ3) is 3.46. The number of carbonyl (C=O) groups is 1. The molecule has 8 atom stereocenters. The fourth-order valence-electron chi connectivity index (χ4n) is 8.87. The van der Waals surface area contributed by atoms with Gasteiger partial charge in [0, 0.05) is 12.1 Å². The van der Waals surface area contributed by atoms with Gasteiger partial charge in [0.1, 0.15) is 0 Å². The SMILES string of the molecule is CC1CCC2(C)C(CCC3C2CCC2(C)C3CC[C@@H]2C(=O)Cn2cc(C(F)(F)F)cn2)C1. The lowest BCUT2D eigenvalue weighted by molar-refractivity contribution is -0.139. The van der Waals surface area contributed by atoms with E-state index in [-0.39, 0.29) is 23.7 Å². The van der Waals surface area contributed by atoms with E-state index in [1.165, 1.54) is 43.2 Å². The molecule has 0 radical (unpaired) electrons. The molecule has 0 amide bonds. The number of ketones is 1. The predicted molar refractivity (Wildman–Crippen MR) is 117 cm³/mol. The van der Waals surface area contributed by atoms with Crippen LogP contribution in [0.15, 0.2) is 12.4 Å². The second-order valence-corrected chi connectivity index (χ2v) is 12.1. The summed E-state index contributed by atoms with van der Waals surface area (Å²) in [6, 6.07) is 0. The van der Waals surface area contributed by atoms with Crippen molar-refractivity contribution in [1.82, 2.24) is 9.78 Å². The van der Waals surface area contributed by atoms with Crippen LogP contribution in [0.4, 0.5) is 13.2 Å². The number of hydrogen-bond donors (Lipinski definition) is 0. The highest BCUT2D eigenvalue weighted by molar-refractivity contribution is 5.82. The van der Waals surface area contributed by atoms with Gasteiger partial charge in [-0.05, 0) is 91.8 Å². The van der Waals surface area contributed by atoms with Crippen molar-refractivity contribution in [3.63, 3.8) is 0 Å². The number of hydrogen-bond acceptors (Lipinski definition) is 2. The molecule has 4 fully saturated rings. The first-order valence-electron chi connectivity index (χ1n) is 12.6. The minimum atomic E-state index is -4.42. The summed E-state index contributed by atoms with van der Waals surface area (Å²) in [6.07, 6.45) is 8.36. The fraction of sp³-hybridized carbons (Fsp3) is 0.846. The summed E-state index contributed by atoms with van der Waals surface area (Å²) < 4.78 is 39.9. The minimum absolute atomic E-state index is 0.0105. The Labute approximate surface area is 189 Å². The first kappa shape index (κ1) is 22.5. The summed E-state index contributed by atoms with van der Waals surface area (Å²) in [5.74, 6) is 3.80. The Morgan fingerprint density at radius 1 is 1.06 bits per heavy atom. The highest BCUT2D eigenvalue weighted by Crippen LogP contribution is 2.67. The number of alkyl halides is 3. The summed E-state index contributed by atoms with van der Waals surface area (Å²) in [7, 11) is 0. The Morgan fingerprint density at radius 2 is 1.78 bits per heavy atom. The molecule has 178 valence electrons. The quantitative estimate of drug-likeness (QED) is 0.510.